The van der Waals surface area contributed by atoms with Gasteiger partial charge in [-0.15, -0.1) is 0 Å². The van der Waals surface area contributed by atoms with E-state index in [4.69, 9.17) is 0 Å². The van der Waals surface area contributed by atoms with Gasteiger partial charge in [-0.05, 0) is 24.8 Å². The number of anilines is 1. The van der Waals surface area contributed by atoms with E-state index in [0.29, 0.717) is 5.25 Å². The van der Waals surface area contributed by atoms with Crippen molar-refractivity contribution in [2.45, 2.75) is 18.6 Å². The second kappa shape index (κ2) is 5.25. The summed E-state index contributed by atoms with van der Waals surface area (Å²) in [6, 6.07) is 6.12. The van der Waals surface area contributed by atoms with Crippen LogP contribution in [-0.4, -0.2) is 27.4 Å². The molecule has 2 aromatic heterocycles. The second-order valence-corrected chi connectivity index (χ2v) is 5.10. The molecule has 1 unspecified atom stereocenters. The summed E-state index contributed by atoms with van der Waals surface area (Å²) in [4.78, 5) is 4.26. The van der Waals surface area contributed by atoms with Gasteiger partial charge in [0.15, 0.2) is 0 Å². The summed E-state index contributed by atoms with van der Waals surface area (Å²) in [5, 5.41) is 4.15. The highest BCUT2D eigenvalue weighted by atomic mass is 32.2. The molecular weight excluding hydrogens is 218 g/mol. The summed E-state index contributed by atoms with van der Waals surface area (Å²) < 4.78 is 2.07. The van der Waals surface area contributed by atoms with E-state index in [1.165, 1.54) is 6.42 Å². The van der Waals surface area contributed by atoms with Crippen molar-refractivity contribution in [2.24, 2.45) is 0 Å². The maximum atomic E-state index is 4.26. The Morgan fingerprint density at radius 1 is 1.50 bits per heavy atom. The van der Waals surface area contributed by atoms with Gasteiger partial charge in [0.1, 0.15) is 11.5 Å². The lowest BCUT2D eigenvalue weighted by molar-refractivity contribution is 0.848. The zero-order valence-corrected chi connectivity index (χ0v) is 10.5. The van der Waals surface area contributed by atoms with E-state index in [0.717, 1.165) is 18.0 Å². The fourth-order valence-electron chi connectivity index (χ4n) is 1.61. The Hall–Kier alpha value is -1.16. The third kappa shape index (κ3) is 2.50. The molecular formula is C12H17N3S. The van der Waals surface area contributed by atoms with Crippen LogP contribution >= 0.6 is 11.8 Å². The Balaban J connectivity index is 2.01. The van der Waals surface area contributed by atoms with Gasteiger partial charge < -0.3 is 5.32 Å². The molecule has 1 N–H and O–H groups in total. The molecule has 86 valence electrons. The van der Waals surface area contributed by atoms with Gasteiger partial charge in [0.2, 0.25) is 0 Å². The minimum absolute atomic E-state index is 0.703. The van der Waals surface area contributed by atoms with E-state index in [-0.39, 0.29) is 0 Å². The minimum atomic E-state index is 0.703. The quantitative estimate of drug-likeness (QED) is 0.864. The minimum Gasteiger partial charge on any atom is -0.371 e. The molecule has 0 fully saturated rings. The fraction of sp³-hybridized carbons (Fsp3) is 0.417. The Labute approximate surface area is 100 Å². The van der Waals surface area contributed by atoms with E-state index < -0.39 is 0 Å². The Morgan fingerprint density at radius 3 is 3.19 bits per heavy atom. The monoisotopic (exact) mass is 235 g/mol. The molecule has 3 nitrogen and oxygen atoms in total. The average Bonchev–Trinajstić information content (AvgIpc) is 2.77. The molecule has 0 radical (unpaired) electrons. The van der Waals surface area contributed by atoms with Crippen LogP contribution in [0.5, 0.6) is 0 Å². The summed E-state index contributed by atoms with van der Waals surface area (Å²) in [7, 11) is 0. The van der Waals surface area contributed by atoms with Crippen LogP contribution in [0.3, 0.4) is 0 Å². The third-order valence-electron chi connectivity index (χ3n) is 2.69. The SMILES string of the molecule is CSC(C)CCNc1cccc2nccn12. The van der Waals surface area contributed by atoms with Crippen LogP contribution in [0.15, 0.2) is 30.6 Å². The summed E-state index contributed by atoms with van der Waals surface area (Å²) in [5.41, 5.74) is 0.989. The van der Waals surface area contributed by atoms with Gasteiger partial charge >= 0.3 is 0 Å². The van der Waals surface area contributed by atoms with Crippen molar-refractivity contribution >= 4 is 23.2 Å². The first-order chi connectivity index (χ1) is 7.81. The van der Waals surface area contributed by atoms with Crippen molar-refractivity contribution in [2.75, 3.05) is 18.1 Å². The number of imidazole rings is 1. The molecule has 16 heavy (non-hydrogen) atoms. The first kappa shape index (κ1) is 11.3. The number of hydrogen-bond donors (Lipinski definition) is 1. The van der Waals surface area contributed by atoms with Gasteiger partial charge in [0.25, 0.3) is 0 Å². The molecule has 2 heterocycles. The number of aromatic nitrogens is 2. The highest BCUT2D eigenvalue weighted by Crippen LogP contribution is 2.13. The molecule has 0 spiro atoms. The number of hydrogen-bond acceptors (Lipinski definition) is 3. The first-order valence-corrected chi connectivity index (χ1v) is 6.79. The third-order valence-corrected chi connectivity index (χ3v) is 3.73. The number of fused-ring (bicyclic) bond motifs is 1. The molecule has 0 aromatic carbocycles. The summed E-state index contributed by atoms with van der Waals surface area (Å²) >= 11 is 1.91. The Kier molecular flexibility index (Phi) is 3.72. The van der Waals surface area contributed by atoms with Crippen LogP contribution in [0.1, 0.15) is 13.3 Å². The predicted octanol–water partition coefficient (Wildman–Crippen LogP) is 2.89. The summed E-state index contributed by atoms with van der Waals surface area (Å²) in [6.07, 6.45) is 7.13. The van der Waals surface area contributed by atoms with Crippen molar-refractivity contribution in [1.29, 1.82) is 0 Å². The van der Waals surface area contributed by atoms with Crippen molar-refractivity contribution in [3.63, 3.8) is 0 Å². The highest BCUT2D eigenvalue weighted by molar-refractivity contribution is 7.99. The maximum absolute atomic E-state index is 4.26. The largest absolute Gasteiger partial charge is 0.371 e. The lowest BCUT2D eigenvalue weighted by Crippen LogP contribution is -2.09. The Bertz CT molecular complexity index is 452. The number of nitrogens with zero attached hydrogens (tertiary/aromatic N) is 2. The zero-order valence-electron chi connectivity index (χ0n) is 9.68. The molecule has 0 aliphatic rings. The van der Waals surface area contributed by atoms with Crippen LogP contribution in [0.2, 0.25) is 0 Å². The lowest BCUT2D eigenvalue weighted by atomic mass is 10.3. The van der Waals surface area contributed by atoms with Gasteiger partial charge in [-0.1, -0.05) is 13.0 Å². The van der Waals surface area contributed by atoms with E-state index in [9.17, 15) is 0 Å². The molecule has 0 aliphatic carbocycles. The summed E-state index contributed by atoms with van der Waals surface area (Å²) in [5.74, 6) is 1.11. The van der Waals surface area contributed by atoms with Crippen LogP contribution < -0.4 is 5.32 Å². The summed E-state index contributed by atoms with van der Waals surface area (Å²) in [6.45, 7) is 3.25. The predicted molar refractivity (Wildman–Crippen MR) is 71.3 cm³/mol. The molecule has 0 aliphatic heterocycles. The van der Waals surface area contributed by atoms with Gasteiger partial charge in [0.05, 0.1) is 0 Å². The Morgan fingerprint density at radius 2 is 2.38 bits per heavy atom. The van der Waals surface area contributed by atoms with Crippen LogP contribution in [0.4, 0.5) is 5.82 Å². The maximum Gasteiger partial charge on any atom is 0.138 e. The second-order valence-electron chi connectivity index (χ2n) is 3.83. The smallest absolute Gasteiger partial charge is 0.138 e. The molecule has 0 amide bonds. The van der Waals surface area contributed by atoms with Crippen molar-refractivity contribution < 1.29 is 0 Å². The van der Waals surface area contributed by atoms with Crippen LogP contribution in [0.25, 0.3) is 5.65 Å². The van der Waals surface area contributed by atoms with E-state index in [1.807, 2.05) is 36.3 Å². The van der Waals surface area contributed by atoms with E-state index in [2.05, 4.69) is 33.9 Å². The van der Waals surface area contributed by atoms with Crippen molar-refractivity contribution in [3.05, 3.63) is 30.6 Å². The molecule has 0 saturated carbocycles. The first-order valence-electron chi connectivity index (χ1n) is 5.50. The van der Waals surface area contributed by atoms with Crippen LogP contribution in [-0.2, 0) is 0 Å². The molecule has 2 aromatic rings. The van der Waals surface area contributed by atoms with E-state index >= 15 is 0 Å². The molecule has 2 rings (SSSR count). The fourth-order valence-corrected chi connectivity index (χ4v) is 1.97. The van der Waals surface area contributed by atoms with Gasteiger partial charge in [-0.2, -0.15) is 11.8 Å². The number of pyridine rings is 1. The molecule has 0 bridgehead atoms. The van der Waals surface area contributed by atoms with Crippen LogP contribution in [0, 0.1) is 0 Å². The molecule has 1 atom stereocenters. The average molecular weight is 235 g/mol. The number of thioether (sulfide) groups is 1. The normalized spacial score (nSPS) is 12.9. The lowest BCUT2D eigenvalue weighted by Gasteiger charge is -2.11. The highest BCUT2D eigenvalue weighted by Gasteiger charge is 2.01. The van der Waals surface area contributed by atoms with Crippen molar-refractivity contribution in [3.8, 4) is 0 Å². The molecule has 4 heteroatoms. The van der Waals surface area contributed by atoms with Gasteiger partial charge in [-0.3, -0.25) is 4.40 Å². The van der Waals surface area contributed by atoms with Gasteiger partial charge in [0, 0.05) is 24.2 Å². The van der Waals surface area contributed by atoms with E-state index in [1.54, 1.807) is 0 Å². The molecule has 0 saturated heterocycles. The number of nitrogens with one attached hydrogen (secondary N) is 1. The van der Waals surface area contributed by atoms with Gasteiger partial charge in [-0.25, -0.2) is 4.98 Å². The zero-order chi connectivity index (χ0) is 11.4. The van der Waals surface area contributed by atoms with Crippen molar-refractivity contribution in [1.82, 2.24) is 9.38 Å². The topological polar surface area (TPSA) is 29.3 Å². The standard InChI is InChI=1S/C12H17N3S/c1-10(16-2)6-7-13-11-4-3-5-12-14-8-9-15(11)12/h3-5,8-10,13H,6-7H2,1-2H3. The number of rotatable bonds is 5.